The van der Waals surface area contributed by atoms with Crippen molar-refractivity contribution in [3.05, 3.63) is 28.5 Å². The molecule has 2 aromatic rings. The van der Waals surface area contributed by atoms with E-state index in [0.29, 0.717) is 17.9 Å². The van der Waals surface area contributed by atoms with E-state index in [0.717, 1.165) is 32.0 Å². The van der Waals surface area contributed by atoms with E-state index in [2.05, 4.69) is 20.6 Å². The number of amides is 2. The molecule has 0 aliphatic carbocycles. The van der Waals surface area contributed by atoms with Gasteiger partial charge in [0.15, 0.2) is 5.01 Å². The molecule has 3 N–H and O–H groups in total. The second kappa shape index (κ2) is 11.1. The lowest BCUT2D eigenvalue weighted by molar-refractivity contribution is -0.138. The van der Waals surface area contributed by atoms with Gasteiger partial charge in [-0.15, -0.1) is 11.3 Å². The lowest BCUT2D eigenvalue weighted by Gasteiger charge is -2.21. The minimum absolute atomic E-state index is 0.0292. The van der Waals surface area contributed by atoms with Crippen LogP contribution in [0.25, 0.3) is 10.4 Å². The molecule has 9 nitrogen and oxygen atoms in total. The zero-order chi connectivity index (χ0) is 27.8. The zero-order valence-electron chi connectivity index (χ0n) is 20.4. The van der Waals surface area contributed by atoms with Gasteiger partial charge in [-0.1, -0.05) is 0 Å². The van der Waals surface area contributed by atoms with Crippen LogP contribution in [0.15, 0.2) is 12.3 Å². The van der Waals surface area contributed by atoms with Gasteiger partial charge in [0.25, 0.3) is 18.2 Å². The number of halogens is 5. The molecule has 0 bridgehead atoms. The number of aliphatic hydroxyl groups excluding tert-OH is 1. The average molecular weight is 564 g/mol. The van der Waals surface area contributed by atoms with Crippen LogP contribution in [0.1, 0.15) is 59.0 Å². The van der Waals surface area contributed by atoms with E-state index in [-0.39, 0.29) is 40.4 Å². The summed E-state index contributed by atoms with van der Waals surface area (Å²) >= 11 is 0.682. The maximum absolute atomic E-state index is 14.1. The lowest BCUT2D eigenvalue weighted by atomic mass is 10.1. The molecule has 2 aliphatic rings. The van der Waals surface area contributed by atoms with Crippen molar-refractivity contribution in [2.24, 2.45) is 0 Å². The molecule has 0 aromatic carbocycles. The Morgan fingerprint density at radius 2 is 2.03 bits per heavy atom. The molecule has 2 aliphatic heterocycles. The molecule has 4 heterocycles. The Morgan fingerprint density at radius 1 is 1.29 bits per heavy atom. The third kappa shape index (κ3) is 5.89. The van der Waals surface area contributed by atoms with Crippen LogP contribution in [-0.4, -0.2) is 82.0 Å². The first-order valence-electron chi connectivity index (χ1n) is 11.9. The maximum atomic E-state index is 14.1. The number of thiazole rings is 1. The van der Waals surface area contributed by atoms with Gasteiger partial charge in [0.2, 0.25) is 0 Å². The molecule has 15 heteroatoms. The highest BCUT2D eigenvalue weighted by atomic mass is 32.1. The number of aliphatic hydroxyl groups is 1. The lowest BCUT2D eigenvalue weighted by Crippen LogP contribution is -2.42. The van der Waals surface area contributed by atoms with Gasteiger partial charge in [-0.2, -0.15) is 13.2 Å². The molecule has 2 fully saturated rings. The van der Waals surface area contributed by atoms with E-state index in [1.165, 1.54) is 4.90 Å². The predicted molar refractivity (Wildman–Crippen MR) is 127 cm³/mol. The summed E-state index contributed by atoms with van der Waals surface area (Å²) in [5, 5.41) is 14.3. The fourth-order valence-electron chi connectivity index (χ4n) is 4.25. The summed E-state index contributed by atoms with van der Waals surface area (Å²) in [5.41, 5.74) is -1.12. The van der Waals surface area contributed by atoms with Gasteiger partial charge in [-0.05, 0) is 32.8 Å². The molecule has 4 rings (SSSR count). The number of aromatic nitrogens is 2. The van der Waals surface area contributed by atoms with Crippen LogP contribution in [0.5, 0.6) is 0 Å². The molecule has 2 saturated heterocycles. The van der Waals surface area contributed by atoms with Crippen molar-refractivity contribution in [3.63, 3.8) is 0 Å². The van der Waals surface area contributed by atoms with Crippen molar-refractivity contribution in [2.75, 3.05) is 25.1 Å². The number of likely N-dealkylation sites (tertiary alicyclic amines) is 1. The second-order valence-electron chi connectivity index (χ2n) is 9.24. The average Bonchev–Trinajstić information content (AvgIpc) is 3.58. The Morgan fingerprint density at radius 3 is 2.61 bits per heavy atom. The molecule has 2 aromatic heterocycles. The van der Waals surface area contributed by atoms with Crippen LogP contribution in [0, 0.1) is 0 Å². The third-order valence-electron chi connectivity index (χ3n) is 6.48. The van der Waals surface area contributed by atoms with Crippen molar-refractivity contribution in [3.8, 4) is 10.4 Å². The van der Waals surface area contributed by atoms with Gasteiger partial charge < -0.3 is 25.4 Å². The van der Waals surface area contributed by atoms with E-state index < -0.39 is 54.0 Å². The Kier molecular flexibility index (Phi) is 8.18. The van der Waals surface area contributed by atoms with Gasteiger partial charge >= 0.3 is 6.18 Å². The second-order valence-corrected chi connectivity index (χ2v) is 10.2. The maximum Gasteiger partial charge on any atom is 0.408 e. The summed E-state index contributed by atoms with van der Waals surface area (Å²) in [6.45, 7) is 3.17. The fourth-order valence-corrected chi connectivity index (χ4v) is 5.24. The first-order chi connectivity index (χ1) is 17.9. The smallest absolute Gasteiger partial charge is 0.388 e. The van der Waals surface area contributed by atoms with Crippen LogP contribution in [0.2, 0.25) is 0 Å². The van der Waals surface area contributed by atoms with Crippen LogP contribution >= 0.6 is 11.3 Å². The van der Waals surface area contributed by atoms with Crippen LogP contribution in [0.3, 0.4) is 0 Å². The Balaban J connectivity index is 1.74. The molecule has 0 saturated carbocycles. The predicted octanol–water partition coefficient (Wildman–Crippen LogP) is 3.62. The van der Waals surface area contributed by atoms with Gasteiger partial charge in [0, 0.05) is 29.9 Å². The summed E-state index contributed by atoms with van der Waals surface area (Å²) in [5.74, 6) is -1.71. The molecule has 2 amide bonds. The van der Waals surface area contributed by atoms with Crippen molar-refractivity contribution in [1.82, 2.24) is 20.2 Å². The fraction of sp³-hybridized carbons (Fsp3) is 0.565. The quantitative estimate of drug-likeness (QED) is 0.441. The highest BCUT2D eigenvalue weighted by Crippen LogP contribution is 2.39. The summed E-state index contributed by atoms with van der Waals surface area (Å²) in [6.07, 6.45) is -6.29. The number of nitrogens with zero attached hydrogens (tertiary/aromatic N) is 3. The number of alkyl halides is 5. The standard InChI is InChI=1S/C23H26F5N5O4S/c1-10-4-3-5-33(10)22(36)17-18(38-21(32-17)20(35)31-14-8-37-9-15(14)34)13-7-29-16(6-12(13)19(24)25)30-11(2)23(26,27)28/h6-7,10-11,14-15,19,34H,3-5,8-9H2,1-2H3,(H,29,30)(H,31,35)/t10-,11?,14+,15-/m0/s1. The number of pyridine rings is 1. The van der Waals surface area contributed by atoms with Gasteiger partial charge in [0.05, 0.1) is 30.2 Å². The first kappa shape index (κ1) is 28.1. The molecular weight excluding hydrogens is 537 g/mol. The highest BCUT2D eigenvalue weighted by molar-refractivity contribution is 7.17. The van der Waals surface area contributed by atoms with Crippen LogP contribution < -0.4 is 10.6 Å². The Labute approximate surface area is 218 Å². The van der Waals surface area contributed by atoms with Crippen molar-refractivity contribution < 1.29 is 41.4 Å². The number of nitrogens with one attached hydrogen (secondary N) is 2. The third-order valence-corrected chi connectivity index (χ3v) is 7.56. The normalized spacial score (nSPS) is 22.7. The number of ether oxygens (including phenoxy) is 1. The minimum atomic E-state index is -4.63. The monoisotopic (exact) mass is 563 g/mol. The minimum Gasteiger partial charge on any atom is -0.388 e. The van der Waals surface area contributed by atoms with Gasteiger partial charge in [0.1, 0.15) is 17.6 Å². The number of carbonyl (C=O) groups is 2. The number of hydrogen-bond donors (Lipinski definition) is 3. The Hall–Kier alpha value is -2.91. The number of rotatable bonds is 7. The molecule has 38 heavy (non-hydrogen) atoms. The topological polar surface area (TPSA) is 117 Å². The van der Waals surface area contributed by atoms with Gasteiger partial charge in [-0.3, -0.25) is 9.59 Å². The van der Waals surface area contributed by atoms with E-state index in [4.69, 9.17) is 4.74 Å². The van der Waals surface area contributed by atoms with Gasteiger partial charge in [-0.25, -0.2) is 18.7 Å². The summed E-state index contributed by atoms with van der Waals surface area (Å²) in [7, 11) is 0. The number of anilines is 1. The van der Waals surface area contributed by atoms with Crippen LogP contribution in [0.4, 0.5) is 27.8 Å². The number of hydrogen-bond acceptors (Lipinski definition) is 8. The van der Waals surface area contributed by atoms with E-state index in [9.17, 15) is 36.6 Å². The van der Waals surface area contributed by atoms with E-state index >= 15 is 0 Å². The molecule has 1 unspecified atom stereocenters. The SMILES string of the molecule is CC(Nc1cc(C(F)F)c(-c2sc(C(=O)N[C@@H]3COC[C@@H]3O)nc2C(=O)N2CCC[C@@H]2C)cn1)C(F)(F)F. The molecule has 208 valence electrons. The highest BCUT2D eigenvalue weighted by Gasteiger charge is 2.37. The largest absolute Gasteiger partial charge is 0.408 e. The van der Waals surface area contributed by atoms with Crippen LogP contribution in [-0.2, 0) is 4.74 Å². The zero-order valence-corrected chi connectivity index (χ0v) is 21.2. The first-order valence-corrected chi connectivity index (χ1v) is 12.7. The molecule has 4 atom stereocenters. The van der Waals surface area contributed by atoms with E-state index in [1.54, 1.807) is 0 Å². The van der Waals surface area contributed by atoms with E-state index in [1.807, 2.05) is 6.92 Å². The van der Waals surface area contributed by atoms with Crippen molar-refractivity contribution in [1.29, 1.82) is 0 Å². The van der Waals surface area contributed by atoms with Crippen molar-refractivity contribution >= 4 is 29.0 Å². The summed E-state index contributed by atoms with van der Waals surface area (Å²) in [6, 6.07) is -2.11. The molecule has 0 spiro atoms. The number of carbonyl (C=O) groups excluding carboxylic acids is 2. The van der Waals surface area contributed by atoms with Crippen molar-refractivity contribution in [2.45, 2.75) is 63.5 Å². The summed E-state index contributed by atoms with van der Waals surface area (Å²) in [4.78, 5) is 35.9. The molecule has 0 radical (unpaired) electrons. The summed E-state index contributed by atoms with van der Waals surface area (Å²) < 4.78 is 72.2. The molecular formula is C23H26F5N5O4S. The Bertz CT molecular complexity index is 1190.